The van der Waals surface area contributed by atoms with Gasteiger partial charge < -0.3 is 10.2 Å². The van der Waals surface area contributed by atoms with E-state index < -0.39 is 16.1 Å². The average molecular weight is 285 g/mol. The predicted molar refractivity (Wildman–Crippen MR) is 66.5 cm³/mol. The molecule has 0 radical (unpaired) electrons. The standard InChI is InChI=1S/C10H15N5O3S/c1-6(10-12-5-13-14-10)15-19(16,17)9-3-8(4-11)18-7(9)2/h3,5-6,15H,4,11H2,1-2H3,(H,12,13,14). The normalized spacial score (nSPS) is 13.6. The molecule has 0 bridgehead atoms. The van der Waals surface area contributed by atoms with E-state index in [1.165, 1.54) is 12.4 Å². The number of furan rings is 1. The smallest absolute Gasteiger partial charge is 0.244 e. The first-order valence-electron chi connectivity index (χ1n) is 5.61. The molecule has 0 fully saturated rings. The van der Waals surface area contributed by atoms with Gasteiger partial charge >= 0.3 is 0 Å². The van der Waals surface area contributed by atoms with Crippen molar-refractivity contribution in [2.45, 2.75) is 31.3 Å². The molecule has 9 heteroatoms. The molecule has 1 unspecified atom stereocenters. The molecule has 0 aliphatic heterocycles. The van der Waals surface area contributed by atoms with Crippen LogP contribution in [0.2, 0.25) is 0 Å². The maximum Gasteiger partial charge on any atom is 0.244 e. The van der Waals surface area contributed by atoms with Gasteiger partial charge in [0, 0.05) is 6.07 Å². The van der Waals surface area contributed by atoms with Gasteiger partial charge in [-0.25, -0.2) is 18.1 Å². The molecular formula is C10H15N5O3S. The number of sulfonamides is 1. The van der Waals surface area contributed by atoms with Crippen LogP contribution in [0.1, 0.15) is 30.3 Å². The highest BCUT2D eigenvalue weighted by atomic mass is 32.2. The van der Waals surface area contributed by atoms with Gasteiger partial charge in [-0.2, -0.15) is 5.10 Å². The van der Waals surface area contributed by atoms with E-state index in [-0.39, 0.29) is 11.4 Å². The molecule has 0 aromatic carbocycles. The zero-order valence-electron chi connectivity index (χ0n) is 10.5. The van der Waals surface area contributed by atoms with E-state index >= 15 is 0 Å². The van der Waals surface area contributed by atoms with Crippen LogP contribution in [0.15, 0.2) is 21.7 Å². The molecule has 4 N–H and O–H groups in total. The van der Waals surface area contributed by atoms with Crippen molar-refractivity contribution in [1.82, 2.24) is 19.9 Å². The maximum atomic E-state index is 12.2. The van der Waals surface area contributed by atoms with Gasteiger partial charge in [-0.15, -0.1) is 0 Å². The topological polar surface area (TPSA) is 127 Å². The number of hydrogen-bond donors (Lipinski definition) is 3. The van der Waals surface area contributed by atoms with Crippen molar-refractivity contribution in [3.63, 3.8) is 0 Å². The fourth-order valence-electron chi connectivity index (χ4n) is 1.67. The van der Waals surface area contributed by atoms with Gasteiger partial charge in [0.1, 0.15) is 28.6 Å². The average Bonchev–Trinajstić information content (AvgIpc) is 2.96. The lowest BCUT2D eigenvalue weighted by atomic mass is 10.3. The molecular weight excluding hydrogens is 270 g/mol. The van der Waals surface area contributed by atoms with Crippen LogP contribution in [0.4, 0.5) is 0 Å². The van der Waals surface area contributed by atoms with E-state index in [9.17, 15) is 8.42 Å². The number of aromatic amines is 1. The molecule has 2 aromatic heterocycles. The number of aryl methyl sites for hydroxylation is 1. The summed E-state index contributed by atoms with van der Waals surface area (Å²) in [5, 5.41) is 6.29. The summed E-state index contributed by atoms with van der Waals surface area (Å²) in [7, 11) is -3.69. The molecule has 2 rings (SSSR count). The van der Waals surface area contributed by atoms with Crippen molar-refractivity contribution in [3.05, 3.63) is 29.7 Å². The molecule has 2 aromatic rings. The summed E-state index contributed by atoms with van der Waals surface area (Å²) in [6.07, 6.45) is 1.32. The monoisotopic (exact) mass is 285 g/mol. The Labute approximate surface area is 110 Å². The summed E-state index contributed by atoms with van der Waals surface area (Å²) in [5.41, 5.74) is 5.42. The first-order valence-corrected chi connectivity index (χ1v) is 7.09. The Balaban J connectivity index is 2.25. The van der Waals surface area contributed by atoms with E-state index in [2.05, 4.69) is 19.9 Å². The summed E-state index contributed by atoms with van der Waals surface area (Å²) in [5.74, 6) is 1.16. The highest BCUT2D eigenvalue weighted by molar-refractivity contribution is 7.89. The zero-order valence-corrected chi connectivity index (χ0v) is 11.4. The van der Waals surface area contributed by atoms with Crippen molar-refractivity contribution in [1.29, 1.82) is 0 Å². The minimum absolute atomic E-state index is 0.0827. The minimum Gasteiger partial charge on any atom is -0.464 e. The van der Waals surface area contributed by atoms with Crippen molar-refractivity contribution < 1.29 is 12.8 Å². The highest BCUT2D eigenvalue weighted by Gasteiger charge is 2.24. The molecule has 0 saturated heterocycles. The number of nitrogens with two attached hydrogens (primary N) is 1. The summed E-state index contributed by atoms with van der Waals surface area (Å²) < 4.78 is 32.2. The minimum atomic E-state index is -3.69. The van der Waals surface area contributed by atoms with Gasteiger partial charge in [0.25, 0.3) is 0 Å². The van der Waals surface area contributed by atoms with Crippen LogP contribution in [-0.2, 0) is 16.6 Å². The van der Waals surface area contributed by atoms with Crippen LogP contribution < -0.4 is 10.5 Å². The molecule has 8 nitrogen and oxygen atoms in total. The molecule has 2 heterocycles. The van der Waals surface area contributed by atoms with Gasteiger partial charge in [-0.05, 0) is 13.8 Å². The Hall–Kier alpha value is -1.71. The molecule has 0 saturated carbocycles. The van der Waals surface area contributed by atoms with E-state index in [0.29, 0.717) is 17.3 Å². The Bertz CT molecular complexity index is 647. The molecule has 0 amide bonds. The third kappa shape index (κ3) is 2.83. The lowest BCUT2D eigenvalue weighted by molar-refractivity contribution is 0.478. The van der Waals surface area contributed by atoms with E-state index in [1.54, 1.807) is 13.8 Å². The van der Waals surface area contributed by atoms with Crippen LogP contribution in [-0.4, -0.2) is 23.6 Å². The van der Waals surface area contributed by atoms with Gasteiger partial charge in [-0.1, -0.05) is 0 Å². The Morgan fingerprint density at radius 1 is 1.58 bits per heavy atom. The first kappa shape index (κ1) is 13.7. The molecule has 19 heavy (non-hydrogen) atoms. The van der Waals surface area contributed by atoms with Gasteiger partial charge in [-0.3, -0.25) is 5.10 Å². The first-order chi connectivity index (χ1) is 8.94. The summed E-state index contributed by atoms with van der Waals surface area (Å²) in [6, 6.07) is 0.897. The Morgan fingerprint density at radius 2 is 2.32 bits per heavy atom. The predicted octanol–water partition coefficient (Wildman–Crippen LogP) is 0.204. The van der Waals surface area contributed by atoms with E-state index in [4.69, 9.17) is 10.2 Å². The van der Waals surface area contributed by atoms with E-state index in [0.717, 1.165) is 0 Å². The number of rotatable bonds is 5. The fraction of sp³-hybridized carbons (Fsp3) is 0.400. The second-order valence-corrected chi connectivity index (χ2v) is 5.73. The van der Waals surface area contributed by atoms with Crippen LogP contribution in [0.25, 0.3) is 0 Å². The molecule has 0 aliphatic rings. The second-order valence-electron chi connectivity index (χ2n) is 4.05. The number of hydrogen-bond acceptors (Lipinski definition) is 6. The SMILES string of the molecule is Cc1oc(CN)cc1S(=O)(=O)NC(C)c1ncn[nH]1. The van der Waals surface area contributed by atoms with Gasteiger partial charge in [0.15, 0.2) is 0 Å². The Kier molecular flexibility index (Phi) is 3.69. The maximum absolute atomic E-state index is 12.2. The van der Waals surface area contributed by atoms with E-state index in [1.807, 2.05) is 0 Å². The summed E-state index contributed by atoms with van der Waals surface area (Å²) >= 11 is 0. The second kappa shape index (κ2) is 5.11. The van der Waals surface area contributed by atoms with Crippen molar-refractivity contribution in [2.75, 3.05) is 0 Å². The summed E-state index contributed by atoms with van der Waals surface area (Å²) in [6.45, 7) is 3.39. The highest BCUT2D eigenvalue weighted by Crippen LogP contribution is 2.21. The third-order valence-corrected chi connectivity index (χ3v) is 4.24. The number of nitrogens with zero attached hydrogens (tertiary/aromatic N) is 2. The largest absolute Gasteiger partial charge is 0.464 e. The third-order valence-electron chi connectivity index (χ3n) is 2.59. The van der Waals surface area contributed by atoms with Crippen LogP contribution in [0.5, 0.6) is 0 Å². The Morgan fingerprint density at radius 3 is 2.84 bits per heavy atom. The number of nitrogens with one attached hydrogen (secondary N) is 2. The summed E-state index contributed by atoms with van der Waals surface area (Å²) in [4.78, 5) is 3.98. The number of aromatic nitrogens is 3. The molecule has 0 aliphatic carbocycles. The van der Waals surface area contributed by atoms with Crippen molar-refractivity contribution in [3.8, 4) is 0 Å². The number of H-pyrrole nitrogens is 1. The van der Waals surface area contributed by atoms with Gasteiger partial charge in [0.2, 0.25) is 10.0 Å². The van der Waals surface area contributed by atoms with Crippen LogP contribution >= 0.6 is 0 Å². The van der Waals surface area contributed by atoms with Crippen LogP contribution in [0.3, 0.4) is 0 Å². The van der Waals surface area contributed by atoms with Crippen LogP contribution in [0, 0.1) is 6.92 Å². The molecule has 0 spiro atoms. The quantitative estimate of drug-likeness (QED) is 0.720. The van der Waals surface area contributed by atoms with Gasteiger partial charge in [0.05, 0.1) is 12.6 Å². The van der Waals surface area contributed by atoms with Crippen molar-refractivity contribution in [2.24, 2.45) is 5.73 Å². The van der Waals surface area contributed by atoms with Crippen molar-refractivity contribution >= 4 is 10.0 Å². The fourth-order valence-corrected chi connectivity index (χ4v) is 3.08. The lowest BCUT2D eigenvalue weighted by Gasteiger charge is -2.10. The zero-order chi connectivity index (χ0) is 14.0. The molecule has 104 valence electrons. The lowest BCUT2D eigenvalue weighted by Crippen LogP contribution is -2.27. The molecule has 1 atom stereocenters.